The second kappa shape index (κ2) is 11.1. The van der Waals surface area contributed by atoms with Crippen LogP contribution in [0.4, 0.5) is 0 Å². The molecule has 170 valence electrons. The van der Waals surface area contributed by atoms with Gasteiger partial charge in [0.05, 0.1) is 11.4 Å². The lowest BCUT2D eigenvalue weighted by atomic mass is 10.1. The minimum atomic E-state index is 0.881. The first kappa shape index (κ1) is 23.0. The van der Waals surface area contributed by atoms with Crippen LogP contribution in [0.25, 0.3) is 22.6 Å². The van der Waals surface area contributed by atoms with E-state index < -0.39 is 0 Å². The minimum Gasteiger partial charge on any atom is -0.327 e. The van der Waals surface area contributed by atoms with E-state index in [0.29, 0.717) is 0 Å². The van der Waals surface area contributed by atoms with Crippen LogP contribution in [0.15, 0.2) is 84.9 Å². The lowest BCUT2D eigenvalue weighted by Gasteiger charge is -2.24. The van der Waals surface area contributed by atoms with E-state index in [-0.39, 0.29) is 0 Å². The van der Waals surface area contributed by atoms with Crippen LogP contribution in [-0.4, -0.2) is 21.0 Å². The van der Waals surface area contributed by atoms with Crippen LogP contribution in [-0.2, 0) is 19.6 Å². The third-order valence-corrected chi connectivity index (χ3v) is 6.20. The van der Waals surface area contributed by atoms with Gasteiger partial charge >= 0.3 is 0 Å². The summed E-state index contributed by atoms with van der Waals surface area (Å²) in [4.78, 5) is 7.79. The molecule has 0 saturated carbocycles. The number of aryl methyl sites for hydroxylation is 1. The average Bonchev–Trinajstić information content (AvgIpc) is 3.23. The molecule has 3 nitrogen and oxygen atoms in total. The second-order valence-corrected chi connectivity index (χ2v) is 8.76. The molecule has 0 bridgehead atoms. The van der Waals surface area contributed by atoms with Crippen molar-refractivity contribution in [1.29, 1.82) is 0 Å². The smallest absolute Gasteiger partial charge is 0.140 e. The van der Waals surface area contributed by atoms with Crippen molar-refractivity contribution in [3.05, 3.63) is 102 Å². The van der Waals surface area contributed by atoms with E-state index in [1.807, 2.05) is 0 Å². The van der Waals surface area contributed by atoms with Gasteiger partial charge in [0.2, 0.25) is 0 Å². The normalized spacial score (nSPS) is 11.3. The highest BCUT2D eigenvalue weighted by Gasteiger charge is 2.21. The van der Waals surface area contributed by atoms with E-state index in [0.717, 1.165) is 37.7 Å². The molecule has 1 aromatic heterocycles. The summed E-state index contributed by atoms with van der Waals surface area (Å²) in [7, 11) is 0. The number of benzene rings is 3. The highest BCUT2D eigenvalue weighted by molar-refractivity contribution is 5.68. The van der Waals surface area contributed by atoms with Crippen molar-refractivity contribution in [3.8, 4) is 22.6 Å². The number of imidazole rings is 1. The highest BCUT2D eigenvalue weighted by Crippen LogP contribution is 2.31. The Balaban J connectivity index is 1.75. The zero-order chi connectivity index (χ0) is 23.0. The lowest BCUT2D eigenvalue weighted by Crippen LogP contribution is -2.26. The first-order chi connectivity index (χ1) is 16.2. The first-order valence-electron chi connectivity index (χ1n) is 12.2. The van der Waals surface area contributed by atoms with Crippen LogP contribution < -0.4 is 0 Å². The van der Waals surface area contributed by atoms with E-state index in [1.54, 1.807) is 0 Å². The molecule has 0 fully saturated rings. The molecule has 0 amide bonds. The number of unbranched alkanes of at least 4 members (excludes halogenated alkanes) is 1. The predicted molar refractivity (Wildman–Crippen MR) is 139 cm³/mol. The Morgan fingerprint density at radius 2 is 1.39 bits per heavy atom. The summed E-state index contributed by atoms with van der Waals surface area (Å²) in [5, 5.41) is 0. The molecule has 0 aliphatic heterocycles. The Kier molecular flexibility index (Phi) is 7.74. The number of hydrogen-bond donors (Lipinski definition) is 0. The molecule has 4 rings (SSSR count). The van der Waals surface area contributed by atoms with Gasteiger partial charge in [-0.25, -0.2) is 4.98 Å². The van der Waals surface area contributed by atoms with Gasteiger partial charge in [-0.3, -0.25) is 4.90 Å². The highest BCUT2D eigenvalue weighted by atomic mass is 15.2. The number of hydrogen-bond acceptors (Lipinski definition) is 2. The van der Waals surface area contributed by atoms with E-state index in [1.165, 1.54) is 40.8 Å². The van der Waals surface area contributed by atoms with Crippen LogP contribution >= 0.6 is 0 Å². The molecule has 0 saturated heterocycles. The largest absolute Gasteiger partial charge is 0.327 e. The molecular weight excluding hydrogens is 402 g/mol. The van der Waals surface area contributed by atoms with Crippen molar-refractivity contribution < 1.29 is 0 Å². The first-order valence-corrected chi connectivity index (χ1v) is 12.2. The Labute approximate surface area is 198 Å². The number of aromatic nitrogens is 2. The molecule has 0 aliphatic rings. The SMILES string of the molecule is CCCCN(Cc1ccc(C)cc1)Cc1c(-c2ccccc2)nc(-c2ccccc2)n1CC. The molecule has 1 heterocycles. The van der Waals surface area contributed by atoms with Crippen molar-refractivity contribution in [2.75, 3.05) is 6.54 Å². The molecule has 0 N–H and O–H groups in total. The summed E-state index contributed by atoms with van der Waals surface area (Å²) >= 11 is 0. The van der Waals surface area contributed by atoms with Gasteiger partial charge in [0.1, 0.15) is 5.82 Å². The summed E-state index contributed by atoms with van der Waals surface area (Å²) in [5.74, 6) is 1.05. The fourth-order valence-electron chi connectivity index (χ4n) is 4.38. The molecule has 3 aromatic carbocycles. The van der Waals surface area contributed by atoms with Crippen LogP contribution in [0, 0.1) is 6.92 Å². The number of nitrogens with zero attached hydrogens (tertiary/aromatic N) is 3. The maximum absolute atomic E-state index is 5.21. The van der Waals surface area contributed by atoms with Crippen molar-refractivity contribution in [3.63, 3.8) is 0 Å². The summed E-state index contributed by atoms with van der Waals surface area (Å²) < 4.78 is 2.41. The van der Waals surface area contributed by atoms with Gasteiger partial charge in [-0.15, -0.1) is 0 Å². The van der Waals surface area contributed by atoms with Crippen molar-refractivity contribution in [1.82, 2.24) is 14.5 Å². The summed E-state index contributed by atoms with van der Waals surface area (Å²) in [6, 6.07) is 30.2. The Morgan fingerprint density at radius 1 is 0.758 bits per heavy atom. The standard InChI is InChI=1S/C30H35N3/c1-4-6-21-32(22-25-19-17-24(3)18-20-25)23-28-29(26-13-9-7-10-14-26)31-30(33(28)5-2)27-15-11-8-12-16-27/h7-20H,4-6,21-23H2,1-3H3. The van der Waals surface area contributed by atoms with Gasteiger partial charge in [0.25, 0.3) is 0 Å². The molecule has 3 heteroatoms. The average molecular weight is 438 g/mol. The van der Waals surface area contributed by atoms with Gasteiger partial charge in [-0.2, -0.15) is 0 Å². The summed E-state index contributed by atoms with van der Waals surface area (Å²) in [6.07, 6.45) is 2.39. The van der Waals surface area contributed by atoms with Crippen molar-refractivity contribution in [2.45, 2.75) is 53.2 Å². The molecule has 0 unspecified atom stereocenters. The molecule has 4 aromatic rings. The minimum absolute atomic E-state index is 0.881. The van der Waals surface area contributed by atoms with Gasteiger partial charge in [-0.05, 0) is 32.4 Å². The van der Waals surface area contributed by atoms with Gasteiger partial charge in [-0.1, -0.05) is 104 Å². The van der Waals surface area contributed by atoms with Gasteiger partial charge < -0.3 is 4.57 Å². The third kappa shape index (κ3) is 5.61. The molecule has 0 radical (unpaired) electrons. The van der Waals surface area contributed by atoms with Crippen LogP contribution in [0.2, 0.25) is 0 Å². The summed E-state index contributed by atoms with van der Waals surface area (Å²) in [5.41, 5.74) is 7.42. The van der Waals surface area contributed by atoms with E-state index in [9.17, 15) is 0 Å². The number of rotatable bonds is 10. The molecule has 33 heavy (non-hydrogen) atoms. The topological polar surface area (TPSA) is 21.1 Å². The second-order valence-electron chi connectivity index (χ2n) is 8.76. The fraction of sp³-hybridized carbons (Fsp3) is 0.300. The molecule has 0 spiro atoms. The zero-order valence-corrected chi connectivity index (χ0v) is 20.2. The van der Waals surface area contributed by atoms with E-state index in [4.69, 9.17) is 4.98 Å². The maximum atomic E-state index is 5.21. The summed E-state index contributed by atoms with van der Waals surface area (Å²) in [6.45, 7) is 10.4. The fourth-order valence-corrected chi connectivity index (χ4v) is 4.38. The van der Waals surface area contributed by atoms with Crippen molar-refractivity contribution >= 4 is 0 Å². The monoisotopic (exact) mass is 437 g/mol. The van der Waals surface area contributed by atoms with E-state index >= 15 is 0 Å². The molecule has 0 atom stereocenters. The Hall–Kier alpha value is -3.17. The lowest BCUT2D eigenvalue weighted by molar-refractivity contribution is 0.247. The Bertz CT molecular complexity index is 1130. The van der Waals surface area contributed by atoms with Crippen LogP contribution in [0.1, 0.15) is 43.5 Å². The third-order valence-electron chi connectivity index (χ3n) is 6.20. The Morgan fingerprint density at radius 3 is 2.00 bits per heavy atom. The molecular formula is C30H35N3. The zero-order valence-electron chi connectivity index (χ0n) is 20.2. The molecule has 0 aliphatic carbocycles. The van der Waals surface area contributed by atoms with Gasteiger partial charge in [0, 0.05) is 30.8 Å². The van der Waals surface area contributed by atoms with Crippen LogP contribution in [0.3, 0.4) is 0 Å². The van der Waals surface area contributed by atoms with Crippen LogP contribution in [0.5, 0.6) is 0 Å². The predicted octanol–water partition coefficient (Wildman–Crippen LogP) is 7.35. The quantitative estimate of drug-likeness (QED) is 0.259. The maximum Gasteiger partial charge on any atom is 0.140 e. The van der Waals surface area contributed by atoms with Gasteiger partial charge in [0.15, 0.2) is 0 Å². The van der Waals surface area contributed by atoms with E-state index in [2.05, 4.69) is 115 Å². The van der Waals surface area contributed by atoms with Crippen molar-refractivity contribution in [2.24, 2.45) is 0 Å².